The van der Waals surface area contributed by atoms with Crippen LogP contribution in [0.25, 0.3) is 0 Å². The van der Waals surface area contributed by atoms with E-state index in [0.29, 0.717) is 12.1 Å². The van der Waals surface area contributed by atoms with Crippen molar-refractivity contribution in [1.82, 2.24) is 0 Å². The van der Waals surface area contributed by atoms with Gasteiger partial charge in [0.2, 0.25) is 5.91 Å². The van der Waals surface area contributed by atoms with E-state index in [-0.39, 0.29) is 11.7 Å². The van der Waals surface area contributed by atoms with Crippen LogP contribution in [0.2, 0.25) is 0 Å². The van der Waals surface area contributed by atoms with Crippen molar-refractivity contribution in [2.45, 2.75) is 13.3 Å². The fourth-order valence-electron chi connectivity index (χ4n) is 1.63. The molecule has 0 aliphatic rings. The normalized spacial score (nSPS) is 10.1. The van der Waals surface area contributed by atoms with Gasteiger partial charge in [0.1, 0.15) is 5.82 Å². The van der Waals surface area contributed by atoms with E-state index in [1.807, 2.05) is 31.2 Å². The zero-order chi connectivity index (χ0) is 13.0. The van der Waals surface area contributed by atoms with Crippen LogP contribution in [0.4, 0.5) is 10.1 Å². The summed E-state index contributed by atoms with van der Waals surface area (Å²) in [6, 6.07) is 13.5. The van der Waals surface area contributed by atoms with Gasteiger partial charge in [-0.25, -0.2) is 4.39 Å². The number of carbonyl (C=O) groups excluding carboxylic acids is 1. The molecule has 1 amide bonds. The summed E-state index contributed by atoms with van der Waals surface area (Å²) in [5, 5.41) is 2.73. The predicted octanol–water partition coefficient (Wildman–Crippen LogP) is 3.32. The molecule has 0 fully saturated rings. The number of benzene rings is 2. The van der Waals surface area contributed by atoms with Crippen molar-refractivity contribution in [2.24, 2.45) is 0 Å². The molecule has 0 radical (unpaired) electrons. The Kier molecular flexibility index (Phi) is 3.72. The van der Waals surface area contributed by atoms with E-state index in [2.05, 4.69) is 5.32 Å². The topological polar surface area (TPSA) is 29.1 Å². The highest BCUT2D eigenvalue weighted by Gasteiger charge is 2.04. The zero-order valence-electron chi connectivity index (χ0n) is 10.1. The second-order valence-electron chi connectivity index (χ2n) is 4.22. The van der Waals surface area contributed by atoms with Crippen molar-refractivity contribution < 1.29 is 9.18 Å². The van der Waals surface area contributed by atoms with Gasteiger partial charge in [0.05, 0.1) is 6.42 Å². The third-order valence-corrected chi connectivity index (χ3v) is 2.61. The quantitative estimate of drug-likeness (QED) is 0.880. The van der Waals surface area contributed by atoms with Gasteiger partial charge in [-0.2, -0.15) is 0 Å². The van der Waals surface area contributed by atoms with Crippen molar-refractivity contribution in [3.05, 3.63) is 65.5 Å². The molecule has 0 aliphatic heterocycles. The van der Waals surface area contributed by atoms with Gasteiger partial charge < -0.3 is 5.32 Å². The maximum absolute atomic E-state index is 12.7. The number of rotatable bonds is 3. The summed E-state index contributed by atoms with van der Waals surface area (Å²) in [4.78, 5) is 11.7. The molecule has 2 nitrogen and oxygen atoms in total. The molecule has 1 N–H and O–H groups in total. The van der Waals surface area contributed by atoms with Crippen LogP contribution < -0.4 is 5.32 Å². The molecule has 2 rings (SSSR count). The minimum atomic E-state index is -0.313. The molecule has 0 aromatic heterocycles. The predicted molar refractivity (Wildman–Crippen MR) is 69.9 cm³/mol. The number of amides is 1. The largest absolute Gasteiger partial charge is 0.326 e. The molecule has 0 aliphatic carbocycles. The summed E-state index contributed by atoms with van der Waals surface area (Å²) in [7, 11) is 0. The highest BCUT2D eigenvalue weighted by atomic mass is 19.1. The van der Waals surface area contributed by atoms with Gasteiger partial charge in [0, 0.05) is 5.69 Å². The lowest BCUT2D eigenvalue weighted by Crippen LogP contribution is -2.14. The van der Waals surface area contributed by atoms with Crippen LogP contribution in [-0.2, 0) is 11.2 Å². The molecule has 2 aromatic carbocycles. The second-order valence-corrected chi connectivity index (χ2v) is 4.22. The molecule has 0 atom stereocenters. The van der Waals surface area contributed by atoms with E-state index < -0.39 is 0 Å². The van der Waals surface area contributed by atoms with Crippen LogP contribution in [0.5, 0.6) is 0 Å². The number of hydrogen-bond acceptors (Lipinski definition) is 1. The van der Waals surface area contributed by atoms with Crippen LogP contribution in [0.1, 0.15) is 11.1 Å². The lowest BCUT2D eigenvalue weighted by molar-refractivity contribution is -0.115. The summed E-state index contributed by atoms with van der Waals surface area (Å²) < 4.78 is 12.7. The molecule has 0 saturated heterocycles. The van der Waals surface area contributed by atoms with E-state index in [9.17, 15) is 9.18 Å². The van der Waals surface area contributed by atoms with Crippen LogP contribution >= 0.6 is 0 Å². The smallest absolute Gasteiger partial charge is 0.228 e. The summed E-state index contributed by atoms with van der Waals surface area (Å²) in [6.07, 6.45) is 0.317. The molecule has 0 unspecified atom stereocenters. The lowest BCUT2D eigenvalue weighted by atomic mass is 10.1. The van der Waals surface area contributed by atoms with E-state index in [0.717, 1.165) is 11.1 Å². The van der Waals surface area contributed by atoms with Gasteiger partial charge in [-0.1, -0.05) is 29.8 Å². The zero-order valence-corrected chi connectivity index (χ0v) is 10.1. The van der Waals surface area contributed by atoms with Crippen LogP contribution in [0.15, 0.2) is 48.5 Å². The Balaban J connectivity index is 1.96. The second kappa shape index (κ2) is 5.45. The molecule has 18 heavy (non-hydrogen) atoms. The van der Waals surface area contributed by atoms with E-state index >= 15 is 0 Å². The Bertz CT molecular complexity index is 482. The fraction of sp³-hybridized carbons (Fsp3) is 0.133. The number of aryl methyl sites for hydroxylation is 1. The van der Waals surface area contributed by atoms with E-state index in [1.165, 1.54) is 12.1 Å². The Morgan fingerprint density at radius 2 is 1.67 bits per heavy atom. The van der Waals surface area contributed by atoms with E-state index in [4.69, 9.17) is 0 Å². The highest BCUT2D eigenvalue weighted by Crippen LogP contribution is 2.10. The summed E-state index contributed by atoms with van der Waals surface area (Å²) in [6.45, 7) is 2.00. The standard InChI is InChI=1S/C15H14FNO/c1-11-2-4-12(5-3-11)10-15(18)17-14-8-6-13(16)7-9-14/h2-9H,10H2,1H3,(H,17,18). The summed E-state index contributed by atoms with van der Waals surface area (Å²) in [5.41, 5.74) is 2.73. The summed E-state index contributed by atoms with van der Waals surface area (Å²) >= 11 is 0. The molecular weight excluding hydrogens is 229 g/mol. The van der Waals surface area contributed by atoms with Gasteiger partial charge >= 0.3 is 0 Å². The number of halogens is 1. The number of hydrogen-bond donors (Lipinski definition) is 1. The van der Waals surface area contributed by atoms with Crippen molar-refractivity contribution in [2.75, 3.05) is 5.32 Å². The minimum absolute atomic E-state index is 0.106. The molecule has 3 heteroatoms. The van der Waals surface area contributed by atoms with Crippen molar-refractivity contribution in [1.29, 1.82) is 0 Å². The Morgan fingerprint density at radius 3 is 2.28 bits per heavy atom. The van der Waals surface area contributed by atoms with E-state index in [1.54, 1.807) is 12.1 Å². The molecular formula is C15H14FNO. The average molecular weight is 243 g/mol. The number of carbonyl (C=O) groups is 1. The fourth-order valence-corrected chi connectivity index (χ4v) is 1.63. The first-order valence-corrected chi connectivity index (χ1v) is 5.74. The maximum Gasteiger partial charge on any atom is 0.228 e. The molecule has 0 spiro atoms. The minimum Gasteiger partial charge on any atom is -0.326 e. The van der Waals surface area contributed by atoms with Gasteiger partial charge in [-0.05, 0) is 36.8 Å². The third-order valence-electron chi connectivity index (χ3n) is 2.61. The van der Waals surface area contributed by atoms with Gasteiger partial charge in [-0.15, -0.1) is 0 Å². The van der Waals surface area contributed by atoms with Gasteiger partial charge in [-0.3, -0.25) is 4.79 Å². The SMILES string of the molecule is Cc1ccc(CC(=O)Nc2ccc(F)cc2)cc1. The molecule has 92 valence electrons. The monoisotopic (exact) mass is 243 g/mol. The van der Waals surface area contributed by atoms with Crippen molar-refractivity contribution in [3.8, 4) is 0 Å². The Morgan fingerprint density at radius 1 is 1.06 bits per heavy atom. The highest BCUT2D eigenvalue weighted by molar-refractivity contribution is 5.92. The average Bonchev–Trinajstić information content (AvgIpc) is 2.35. The first-order chi connectivity index (χ1) is 8.63. The van der Waals surface area contributed by atoms with Crippen LogP contribution in [0.3, 0.4) is 0 Å². The van der Waals surface area contributed by atoms with Crippen molar-refractivity contribution >= 4 is 11.6 Å². The van der Waals surface area contributed by atoms with Gasteiger partial charge in [0.15, 0.2) is 0 Å². The third kappa shape index (κ3) is 3.42. The summed E-state index contributed by atoms with van der Waals surface area (Å²) in [5.74, 6) is -0.419. The van der Waals surface area contributed by atoms with Gasteiger partial charge in [0.25, 0.3) is 0 Å². The maximum atomic E-state index is 12.7. The Labute approximate surface area is 105 Å². The number of nitrogens with one attached hydrogen (secondary N) is 1. The molecule has 0 saturated carbocycles. The first-order valence-electron chi connectivity index (χ1n) is 5.74. The lowest BCUT2D eigenvalue weighted by Gasteiger charge is -2.05. The molecule has 0 bridgehead atoms. The Hall–Kier alpha value is -2.16. The molecule has 2 aromatic rings. The molecule has 0 heterocycles. The van der Waals surface area contributed by atoms with Crippen LogP contribution in [-0.4, -0.2) is 5.91 Å². The first kappa shape index (κ1) is 12.3. The van der Waals surface area contributed by atoms with Crippen LogP contribution in [0, 0.1) is 12.7 Å². The number of anilines is 1. The van der Waals surface area contributed by atoms with Crippen molar-refractivity contribution in [3.63, 3.8) is 0 Å².